The Morgan fingerprint density at radius 2 is 2.32 bits per heavy atom. The van der Waals surface area contributed by atoms with Crippen LogP contribution >= 0.6 is 0 Å². The van der Waals surface area contributed by atoms with Gasteiger partial charge in [-0.1, -0.05) is 0 Å². The first-order chi connectivity index (χ1) is 9.04. The first-order valence-corrected chi connectivity index (χ1v) is 7.79. The summed E-state index contributed by atoms with van der Waals surface area (Å²) in [6, 6.07) is 5.07. The second-order valence-corrected chi connectivity index (χ2v) is 6.68. The molecule has 0 spiro atoms. The van der Waals surface area contributed by atoms with E-state index in [1.165, 1.54) is 0 Å². The maximum absolute atomic E-state index is 12.2. The predicted molar refractivity (Wildman–Crippen MR) is 71.5 cm³/mol. The van der Waals surface area contributed by atoms with Gasteiger partial charge in [-0.25, -0.2) is 13.4 Å². The minimum absolute atomic E-state index is 0.0106. The first kappa shape index (κ1) is 12.4. The van der Waals surface area contributed by atoms with E-state index in [0.717, 1.165) is 12.8 Å². The van der Waals surface area contributed by atoms with Crippen LogP contribution in [-0.4, -0.2) is 36.8 Å². The van der Waals surface area contributed by atoms with E-state index in [-0.39, 0.29) is 17.0 Å². The molecule has 1 aliphatic heterocycles. The number of nitrogens with two attached hydrogens (primary N) is 1. The van der Waals surface area contributed by atoms with E-state index in [0.29, 0.717) is 23.3 Å². The Morgan fingerprint density at radius 1 is 1.47 bits per heavy atom. The van der Waals surface area contributed by atoms with Crippen LogP contribution in [0.25, 0.3) is 11.0 Å². The van der Waals surface area contributed by atoms with Crippen molar-refractivity contribution in [1.29, 1.82) is 0 Å². The molecule has 6 nitrogen and oxygen atoms in total. The van der Waals surface area contributed by atoms with Gasteiger partial charge in [0.1, 0.15) is 0 Å². The fourth-order valence-corrected chi connectivity index (χ4v) is 3.66. The lowest BCUT2D eigenvalue weighted by Gasteiger charge is -2.07. The van der Waals surface area contributed by atoms with Crippen LogP contribution < -0.4 is 5.73 Å². The summed E-state index contributed by atoms with van der Waals surface area (Å²) < 4.78 is 29.8. The van der Waals surface area contributed by atoms with Crippen molar-refractivity contribution in [3.05, 3.63) is 18.2 Å². The first-order valence-electron chi connectivity index (χ1n) is 6.14. The molecule has 0 amide bonds. The maximum Gasteiger partial charge on any atom is 0.226 e. The lowest BCUT2D eigenvalue weighted by Crippen LogP contribution is -2.21. The van der Waals surface area contributed by atoms with E-state index in [9.17, 15) is 8.42 Å². The standard InChI is InChI=1S/C12H15N3O3S/c13-8-3-4-10-11(6-8)15-12(14-10)19(16,17)7-9-2-1-5-18-9/h3-4,6,9H,1-2,5,7,13H2,(H,14,15). The van der Waals surface area contributed by atoms with E-state index in [4.69, 9.17) is 10.5 Å². The number of rotatable bonds is 3. The Morgan fingerprint density at radius 3 is 3.05 bits per heavy atom. The van der Waals surface area contributed by atoms with Gasteiger partial charge in [-0.15, -0.1) is 0 Å². The predicted octanol–water partition coefficient (Wildman–Crippen LogP) is 1.10. The summed E-state index contributed by atoms with van der Waals surface area (Å²) in [5, 5.41) is -0.0106. The van der Waals surface area contributed by atoms with Crippen molar-refractivity contribution in [1.82, 2.24) is 9.97 Å². The van der Waals surface area contributed by atoms with Crippen LogP contribution in [0.2, 0.25) is 0 Å². The molecule has 0 radical (unpaired) electrons. The number of sulfone groups is 1. The minimum Gasteiger partial charge on any atom is -0.399 e. The lowest BCUT2D eigenvalue weighted by atomic mass is 10.3. The number of fused-ring (bicyclic) bond motifs is 1. The smallest absolute Gasteiger partial charge is 0.226 e. The van der Waals surface area contributed by atoms with Gasteiger partial charge >= 0.3 is 0 Å². The molecule has 1 atom stereocenters. The highest BCUT2D eigenvalue weighted by molar-refractivity contribution is 7.91. The van der Waals surface area contributed by atoms with Crippen LogP contribution in [0.4, 0.5) is 5.69 Å². The Bertz CT molecular complexity index is 702. The molecule has 1 aliphatic rings. The van der Waals surface area contributed by atoms with Gasteiger partial charge in [-0.2, -0.15) is 0 Å². The third-order valence-electron chi connectivity index (χ3n) is 3.21. The van der Waals surface area contributed by atoms with Crippen molar-refractivity contribution in [3.8, 4) is 0 Å². The van der Waals surface area contributed by atoms with Gasteiger partial charge in [0.05, 0.1) is 22.9 Å². The number of aromatic amines is 1. The second kappa shape index (κ2) is 4.50. The van der Waals surface area contributed by atoms with Gasteiger partial charge in [-0.3, -0.25) is 0 Å². The molecule has 1 saturated heterocycles. The van der Waals surface area contributed by atoms with Gasteiger partial charge in [0, 0.05) is 12.3 Å². The van der Waals surface area contributed by atoms with Gasteiger partial charge < -0.3 is 15.5 Å². The highest BCUT2D eigenvalue weighted by Crippen LogP contribution is 2.21. The zero-order valence-electron chi connectivity index (χ0n) is 10.3. The van der Waals surface area contributed by atoms with E-state index in [1.54, 1.807) is 18.2 Å². The van der Waals surface area contributed by atoms with Crippen molar-refractivity contribution in [2.75, 3.05) is 18.1 Å². The fourth-order valence-electron chi connectivity index (χ4n) is 2.25. The number of nitrogens with one attached hydrogen (secondary N) is 1. The summed E-state index contributed by atoms with van der Waals surface area (Å²) in [6.45, 7) is 0.636. The van der Waals surface area contributed by atoms with E-state index >= 15 is 0 Å². The van der Waals surface area contributed by atoms with Crippen LogP contribution in [0.1, 0.15) is 12.8 Å². The van der Waals surface area contributed by atoms with Crippen molar-refractivity contribution < 1.29 is 13.2 Å². The molecule has 1 fully saturated rings. The average Bonchev–Trinajstić information content (AvgIpc) is 2.96. The minimum atomic E-state index is -3.45. The van der Waals surface area contributed by atoms with Crippen molar-refractivity contribution >= 4 is 26.6 Å². The Balaban J connectivity index is 1.93. The topological polar surface area (TPSA) is 98.1 Å². The fraction of sp³-hybridized carbons (Fsp3) is 0.417. The number of H-pyrrole nitrogens is 1. The van der Waals surface area contributed by atoms with Crippen LogP contribution in [0.15, 0.2) is 23.4 Å². The Hall–Kier alpha value is -1.60. The van der Waals surface area contributed by atoms with Gasteiger partial charge in [0.25, 0.3) is 0 Å². The van der Waals surface area contributed by atoms with Crippen LogP contribution in [-0.2, 0) is 14.6 Å². The van der Waals surface area contributed by atoms with Crippen molar-refractivity contribution in [3.63, 3.8) is 0 Å². The lowest BCUT2D eigenvalue weighted by molar-refractivity contribution is 0.127. The molecule has 7 heteroatoms. The van der Waals surface area contributed by atoms with E-state index in [2.05, 4.69) is 9.97 Å². The SMILES string of the molecule is Nc1ccc2nc(S(=O)(=O)CC3CCCO3)[nH]c2c1. The third kappa shape index (κ3) is 2.43. The number of hydrogen-bond donors (Lipinski definition) is 2. The number of benzene rings is 1. The molecule has 1 unspecified atom stereocenters. The number of hydrogen-bond acceptors (Lipinski definition) is 5. The molecule has 2 aromatic rings. The summed E-state index contributed by atoms with van der Waals surface area (Å²) in [6.07, 6.45) is 1.48. The molecular formula is C12H15N3O3S. The van der Waals surface area contributed by atoms with Crippen molar-refractivity contribution in [2.24, 2.45) is 0 Å². The molecule has 0 bridgehead atoms. The molecule has 2 heterocycles. The number of imidazole rings is 1. The average molecular weight is 281 g/mol. The van der Waals surface area contributed by atoms with E-state index in [1.807, 2.05) is 0 Å². The molecule has 19 heavy (non-hydrogen) atoms. The summed E-state index contributed by atoms with van der Waals surface area (Å²) in [4.78, 5) is 6.93. The quantitative estimate of drug-likeness (QED) is 0.821. The molecule has 3 N–H and O–H groups in total. The molecule has 1 aromatic heterocycles. The summed E-state index contributed by atoms with van der Waals surface area (Å²) in [5.41, 5.74) is 7.45. The van der Waals surface area contributed by atoms with E-state index < -0.39 is 9.84 Å². The van der Waals surface area contributed by atoms with Gasteiger partial charge in [-0.05, 0) is 31.0 Å². The highest BCUT2D eigenvalue weighted by atomic mass is 32.2. The number of anilines is 1. The monoisotopic (exact) mass is 281 g/mol. The zero-order chi connectivity index (χ0) is 13.5. The van der Waals surface area contributed by atoms with Gasteiger partial charge in [0.15, 0.2) is 0 Å². The van der Waals surface area contributed by atoms with Crippen LogP contribution in [0.5, 0.6) is 0 Å². The maximum atomic E-state index is 12.2. The number of aromatic nitrogens is 2. The summed E-state index contributed by atoms with van der Waals surface area (Å²) >= 11 is 0. The van der Waals surface area contributed by atoms with Crippen LogP contribution in [0, 0.1) is 0 Å². The largest absolute Gasteiger partial charge is 0.399 e. The van der Waals surface area contributed by atoms with Crippen molar-refractivity contribution in [2.45, 2.75) is 24.1 Å². The number of nitrogens with zero attached hydrogens (tertiary/aromatic N) is 1. The molecule has 0 aliphatic carbocycles. The molecule has 0 saturated carbocycles. The normalized spacial score (nSPS) is 20.1. The summed E-state index contributed by atoms with van der Waals surface area (Å²) in [7, 11) is -3.45. The second-order valence-electron chi connectivity index (χ2n) is 4.73. The van der Waals surface area contributed by atoms with Crippen LogP contribution in [0.3, 0.4) is 0 Å². The zero-order valence-corrected chi connectivity index (χ0v) is 11.1. The molecule has 1 aromatic carbocycles. The number of ether oxygens (including phenoxy) is 1. The Labute approximate surface area is 110 Å². The molecule has 102 valence electrons. The molecular weight excluding hydrogens is 266 g/mol. The third-order valence-corrected chi connectivity index (χ3v) is 4.80. The summed E-state index contributed by atoms with van der Waals surface area (Å²) in [5.74, 6) is -0.0255. The highest BCUT2D eigenvalue weighted by Gasteiger charge is 2.27. The molecule has 3 rings (SSSR count). The van der Waals surface area contributed by atoms with Gasteiger partial charge in [0.2, 0.25) is 15.0 Å². The Kier molecular flexibility index (Phi) is 2.94. The number of nitrogen functional groups attached to an aromatic ring is 1.